The Morgan fingerprint density at radius 2 is 2.11 bits per heavy atom. The van der Waals surface area contributed by atoms with E-state index in [0.717, 1.165) is 0 Å². The first-order chi connectivity index (χ1) is 8.70. The second-order valence-electron chi connectivity index (χ2n) is 4.52. The zero-order chi connectivity index (χ0) is 14.8. The fourth-order valence-electron chi connectivity index (χ4n) is 1.75. The van der Waals surface area contributed by atoms with Crippen LogP contribution < -0.4 is 0 Å². The van der Waals surface area contributed by atoms with Crippen LogP contribution >= 0.6 is 0 Å². The summed E-state index contributed by atoms with van der Waals surface area (Å²) in [5, 5.41) is 0.0445. The molecule has 6 nitrogen and oxygen atoms in total. The van der Waals surface area contributed by atoms with Crippen LogP contribution in [0.4, 0.5) is 0 Å². The van der Waals surface area contributed by atoms with E-state index in [4.69, 9.17) is 0 Å². The topological polar surface area (TPSA) is 72.3 Å². The second-order valence-corrected chi connectivity index (χ2v) is 7.95. The van der Waals surface area contributed by atoms with Crippen molar-refractivity contribution in [3.63, 3.8) is 0 Å². The van der Waals surface area contributed by atoms with Crippen LogP contribution in [0.1, 0.15) is 19.7 Å². The first-order valence-corrected chi connectivity index (χ1v) is 9.18. The first-order valence-electron chi connectivity index (χ1n) is 6.02. The Kier molecular flexibility index (Phi) is 5.28. The third-order valence-corrected chi connectivity index (χ3v) is 5.83. The summed E-state index contributed by atoms with van der Waals surface area (Å²) < 4.78 is 39.0. The molecule has 0 amide bonds. The molecule has 1 aromatic rings. The summed E-state index contributed by atoms with van der Waals surface area (Å²) in [4.78, 5) is 4.09. The van der Waals surface area contributed by atoms with Crippen LogP contribution in [0.3, 0.4) is 0 Å². The van der Waals surface area contributed by atoms with Gasteiger partial charge >= 0.3 is 0 Å². The molecule has 0 bridgehead atoms. The molecule has 0 aromatic carbocycles. The minimum Gasteiger partial charge on any atom is -0.334 e. The first kappa shape index (κ1) is 16.3. The van der Waals surface area contributed by atoms with Crippen molar-refractivity contribution in [2.24, 2.45) is 0 Å². The number of rotatable bonds is 6. The quantitative estimate of drug-likeness (QED) is 0.771. The number of aromatic nitrogens is 2. The lowest BCUT2D eigenvalue weighted by atomic mass is 10.4. The maximum absolute atomic E-state index is 12.4. The Bertz CT molecular complexity index is 566. The van der Waals surface area contributed by atoms with E-state index < -0.39 is 20.8 Å². The van der Waals surface area contributed by atoms with Gasteiger partial charge in [0, 0.05) is 48.6 Å². The van der Waals surface area contributed by atoms with Crippen LogP contribution in [0.15, 0.2) is 11.2 Å². The molecule has 1 heterocycles. The Labute approximate surface area is 117 Å². The van der Waals surface area contributed by atoms with E-state index in [2.05, 4.69) is 4.98 Å². The Balaban J connectivity index is 3.05. The number of imidazole rings is 1. The highest BCUT2D eigenvalue weighted by molar-refractivity contribution is 7.89. The molecule has 1 aromatic heterocycles. The Morgan fingerprint density at radius 3 is 2.53 bits per heavy atom. The molecule has 0 aliphatic carbocycles. The van der Waals surface area contributed by atoms with Gasteiger partial charge < -0.3 is 4.57 Å². The zero-order valence-electron chi connectivity index (χ0n) is 12.0. The molecule has 0 saturated heterocycles. The van der Waals surface area contributed by atoms with E-state index in [9.17, 15) is 12.6 Å². The maximum Gasteiger partial charge on any atom is 0.262 e. The zero-order valence-corrected chi connectivity index (χ0v) is 13.6. The Morgan fingerprint density at radius 1 is 1.53 bits per heavy atom. The summed E-state index contributed by atoms with van der Waals surface area (Å²) in [5.74, 6) is 0.977. The van der Waals surface area contributed by atoms with Gasteiger partial charge in [-0.25, -0.2) is 13.4 Å². The van der Waals surface area contributed by atoms with Crippen molar-refractivity contribution in [1.82, 2.24) is 13.9 Å². The van der Waals surface area contributed by atoms with Gasteiger partial charge in [-0.15, -0.1) is 0 Å². The normalized spacial score (nSPS) is 15.7. The average molecular weight is 307 g/mol. The molecule has 1 rings (SSSR count). The molecular formula is C11H21N3O3S2. The van der Waals surface area contributed by atoms with Crippen molar-refractivity contribution in [2.45, 2.75) is 38.4 Å². The minimum absolute atomic E-state index is 0.0445. The average Bonchev–Trinajstić information content (AvgIpc) is 2.69. The van der Waals surface area contributed by atoms with Gasteiger partial charge in [0.25, 0.3) is 10.0 Å². The molecule has 0 aliphatic rings. The second kappa shape index (κ2) is 6.15. The lowest BCUT2D eigenvalue weighted by Gasteiger charge is -2.22. The number of nitrogens with zero attached hydrogens (tertiary/aromatic N) is 3. The Hall–Kier alpha value is -0.730. The molecule has 8 heteroatoms. The van der Waals surface area contributed by atoms with Gasteiger partial charge in [-0.05, 0) is 20.8 Å². The number of hydrogen-bond acceptors (Lipinski definition) is 4. The fraction of sp³-hybridized carbons (Fsp3) is 0.727. The van der Waals surface area contributed by atoms with Crippen molar-refractivity contribution in [3.05, 3.63) is 12.0 Å². The van der Waals surface area contributed by atoms with Gasteiger partial charge in [0.15, 0.2) is 5.03 Å². The molecule has 2 unspecified atom stereocenters. The smallest absolute Gasteiger partial charge is 0.262 e. The third kappa shape index (κ3) is 3.64. The predicted octanol–water partition coefficient (Wildman–Crippen LogP) is 0.599. The summed E-state index contributed by atoms with van der Waals surface area (Å²) in [5.41, 5.74) is 0. The number of hydrogen-bond donors (Lipinski definition) is 0. The van der Waals surface area contributed by atoms with Crippen LogP contribution in [-0.4, -0.2) is 51.6 Å². The summed E-state index contributed by atoms with van der Waals surface area (Å²) >= 11 is 0. The summed E-state index contributed by atoms with van der Waals surface area (Å²) in [7, 11) is -3.18. The van der Waals surface area contributed by atoms with Crippen molar-refractivity contribution in [3.8, 4) is 0 Å². The van der Waals surface area contributed by atoms with Crippen LogP contribution in [0.5, 0.6) is 0 Å². The lowest BCUT2D eigenvalue weighted by Crippen LogP contribution is -2.38. The summed E-state index contributed by atoms with van der Waals surface area (Å²) in [6.07, 6.45) is 3.10. The molecule has 0 aliphatic heterocycles. The summed E-state index contributed by atoms with van der Waals surface area (Å²) in [6.45, 7) is 6.11. The van der Waals surface area contributed by atoms with Crippen LogP contribution in [0.2, 0.25) is 0 Å². The van der Waals surface area contributed by atoms with Crippen molar-refractivity contribution in [2.75, 3.05) is 19.1 Å². The van der Waals surface area contributed by atoms with Gasteiger partial charge in [0.2, 0.25) is 0 Å². The van der Waals surface area contributed by atoms with E-state index in [0.29, 0.717) is 18.1 Å². The van der Waals surface area contributed by atoms with Gasteiger partial charge in [-0.3, -0.25) is 4.21 Å². The van der Waals surface area contributed by atoms with Gasteiger partial charge in [-0.2, -0.15) is 4.31 Å². The van der Waals surface area contributed by atoms with Gasteiger partial charge in [0.1, 0.15) is 5.82 Å². The highest BCUT2D eigenvalue weighted by Crippen LogP contribution is 2.16. The molecule has 110 valence electrons. The molecule has 2 atom stereocenters. The number of sulfonamides is 1. The predicted molar refractivity (Wildman–Crippen MR) is 76.0 cm³/mol. The summed E-state index contributed by atoms with van der Waals surface area (Å²) in [6, 6.07) is -0.331. The van der Waals surface area contributed by atoms with Gasteiger partial charge in [0.05, 0.1) is 0 Å². The SMILES string of the molecule is CCn1cc(S(=O)(=O)N(C)C(C)CS(C)=O)nc1C. The van der Waals surface area contributed by atoms with E-state index in [-0.39, 0.29) is 11.1 Å². The molecule has 0 radical (unpaired) electrons. The maximum atomic E-state index is 12.4. The van der Waals surface area contributed by atoms with E-state index in [1.54, 1.807) is 24.7 Å². The highest BCUT2D eigenvalue weighted by Gasteiger charge is 2.28. The van der Waals surface area contributed by atoms with Crippen molar-refractivity contribution in [1.29, 1.82) is 0 Å². The minimum atomic E-state index is -3.63. The third-order valence-electron chi connectivity index (χ3n) is 3.03. The molecule has 19 heavy (non-hydrogen) atoms. The largest absolute Gasteiger partial charge is 0.334 e. The van der Waals surface area contributed by atoms with Crippen LogP contribution in [0, 0.1) is 6.92 Å². The molecule has 0 fully saturated rings. The van der Waals surface area contributed by atoms with Gasteiger partial charge in [-0.1, -0.05) is 0 Å². The van der Waals surface area contributed by atoms with Crippen LogP contribution in [-0.2, 0) is 27.4 Å². The monoisotopic (exact) mass is 307 g/mol. The van der Waals surface area contributed by atoms with E-state index >= 15 is 0 Å². The highest BCUT2D eigenvalue weighted by atomic mass is 32.2. The fourth-order valence-corrected chi connectivity index (χ4v) is 4.10. The molecule has 0 spiro atoms. The molecule has 0 saturated carbocycles. The van der Waals surface area contributed by atoms with E-state index in [1.807, 2.05) is 6.92 Å². The lowest BCUT2D eigenvalue weighted by molar-refractivity contribution is 0.411. The molecular weight excluding hydrogens is 286 g/mol. The van der Waals surface area contributed by atoms with Crippen molar-refractivity contribution >= 4 is 20.8 Å². The van der Waals surface area contributed by atoms with Crippen LogP contribution in [0.25, 0.3) is 0 Å². The molecule has 0 N–H and O–H groups in total. The number of aryl methyl sites for hydroxylation is 2. The standard InChI is InChI=1S/C11H21N3O3S2/c1-6-14-7-11(12-10(14)3)19(16,17)13(4)9(2)8-18(5)15/h7,9H,6,8H2,1-5H3. The van der Waals surface area contributed by atoms with Crippen molar-refractivity contribution < 1.29 is 12.6 Å². The van der Waals surface area contributed by atoms with E-state index in [1.165, 1.54) is 17.5 Å².